The van der Waals surface area contributed by atoms with Crippen molar-refractivity contribution < 1.29 is 18.7 Å². The van der Waals surface area contributed by atoms with Crippen molar-refractivity contribution in [1.29, 1.82) is 0 Å². The van der Waals surface area contributed by atoms with E-state index in [0.29, 0.717) is 24.0 Å². The number of hydrogen-bond acceptors (Lipinski definition) is 3. The van der Waals surface area contributed by atoms with Gasteiger partial charge in [-0.3, -0.25) is 4.79 Å². The number of halogens is 2. The molecule has 0 unspecified atom stereocenters. The Morgan fingerprint density at radius 2 is 2.00 bits per heavy atom. The third kappa shape index (κ3) is 2.53. The summed E-state index contributed by atoms with van der Waals surface area (Å²) in [5.41, 5.74) is 1.37. The van der Waals surface area contributed by atoms with Crippen LogP contribution < -0.4 is 5.32 Å². The average Bonchev–Trinajstić information content (AvgIpc) is 2.95. The van der Waals surface area contributed by atoms with Crippen LogP contribution in [0.15, 0.2) is 48.2 Å². The highest BCUT2D eigenvalue weighted by atomic mass is 19.1. The summed E-state index contributed by atoms with van der Waals surface area (Å²) in [6.45, 7) is 0.489. The molecule has 1 aliphatic heterocycles. The van der Waals surface area contributed by atoms with Gasteiger partial charge in [0.05, 0.1) is 16.7 Å². The summed E-state index contributed by atoms with van der Waals surface area (Å²) in [4.78, 5) is 17.0. The summed E-state index contributed by atoms with van der Waals surface area (Å²) in [6, 6.07) is 10.2. The third-order valence-corrected chi connectivity index (χ3v) is 4.15. The van der Waals surface area contributed by atoms with Gasteiger partial charge in [0.2, 0.25) is 0 Å². The number of imidazole rings is 1. The van der Waals surface area contributed by atoms with Crippen molar-refractivity contribution in [1.82, 2.24) is 9.55 Å². The molecule has 0 aliphatic carbocycles. The molecule has 3 aromatic rings. The van der Waals surface area contributed by atoms with E-state index >= 15 is 0 Å². The standard InChI is InChI=1S/C18H13F2N3O2/c19-10-5-6-12(11(20)9-10)22-18(25)16-15(24)7-8-23-14-4-2-1-3-13(14)21-17(16)23/h1-6,9,24H,7-8H2,(H,22,25). The quantitative estimate of drug-likeness (QED) is 0.748. The molecule has 1 aliphatic rings. The molecule has 7 heteroatoms. The van der Waals surface area contributed by atoms with Crippen molar-refractivity contribution in [2.75, 3.05) is 5.32 Å². The maximum atomic E-state index is 13.8. The molecule has 0 atom stereocenters. The van der Waals surface area contributed by atoms with Crippen LogP contribution in [0.4, 0.5) is 14.5 Å². The van der Waals surface area contributed by atoms with Gasteiger partial charge in [-0.25, -0.2) is 13.8 Å². The van der Waals surface area contributed by atoms with Crippen molar-refractivity contribution in [3.8, 4) is 0 Å². The van der Waals surface area contributed by atoms with Gasteiger partial charge < -0.3 is 15.0 Å². The van der Waals surface area contributed by atoms with E-state index in [-0.39, 0.29) is 23.4 Å². The smallest absolute Gasteiger partial charge is 0.262 e. The van der Waals surface area contributed by atoms with Crippen LogP contribution in [0.1, 0.15) is 12.2 Å². The Balaban J connectivity index is 1.75. The zero-order valence-corrected chi connectivity index (χ0v) is 13.0. The summed E-state index contributed by atoms with van der Waals surface area (Å²) in [6.07, 6.45) is 0.266. The van der Waals surface area contributed by atoms with Crippen LogP contribution in [0.5, 0.6) is 0 Å². The summed E-state index contributed by atoms with van der Waals surface area (Å²) in [5.74, 6) is -2.11. The number of amides is 1. The molecule has 2 heterocycles. The highest BCUT2D eigenvalue weighted by Gasteiger charge is 2.28. The predicted octanol–water partition coefficient (Wildman–Crippen LogP) is 3.63. The molecule has 2 N–H and O–H groups in total. The van der Waals surface area contributed by atoms with Crippen LogP contribution in [-0.2, 0) is 11.3 Å². The minimum atomic E-state index is -0.891. The van der Waals surface area contributed by atoms with Crippen molar-refractivity contribution in [3.63, 3.8) is 0 Å². The number of aliphatic hydroxyl groups excluding tert-OH is 1. The summed E-state index contributed by atoms with van der Waals surface area (Å²) >= 11 is 0. The van der Waals surface area contributed by atoms with Gasteiger partial charge in [-0.2, -0.15) is 0 Å². The number of para-hydroxylation sites is 2. The highest BCUT2D eigenvalue weighted by Crippen LogP contribution is 2.30. The monoisotopic (exact) mass is 341 g/mol. The molecule has 0 spiro atoms. The number of nitrogens with zero attached hydrogens (tertiary/aromatic N) is 2. The van der Waals surface area contributed by atoms with Crippen LogP contribution in [0, 0.1) is 11.6 Å². The van der Waals surface area contributed by atoms with E-state index in [1.165, 1.54) is 0 Å². The van der Waals surface area contributed by atoms with E-state index in [4.69, 9.17) is 0 Å². The number of carbonyl (C=O) groups excluding carboxylic acids is 1. The van der Waals surface area contributed by atoms with Gasteiger partial charge in [0.1, 0.15) is 28.8 Å². The zero-order chi connectivity index (χ0) is 17.6. The van der Waals surface area contributed by atoms with Gasteiger partial charge in [-0.05, 0) is 24.3 Å². The molecular weight excluding hydrogens is 328 g/mol. The topological polar surface area (TPSA) is 67.2 Å². The number of fused-ring (bicyclic) bond motifs is 3. The molecule has 0 saturated heterocycles. The molecule has 5 nitrogen and oxygen atoms in total. The van der Waals surface area contributed by atoms with Gasteiger partial charge in [-0.1, -0.05) is 12.1 Å². The Labute approximate surface area is 141 Å². The number of benzene rings is 2. The number of rotatable bonds is 2. The minimum absolute atomic E-state index is 0.00817. The summed E-state index contributed by atoms with van der Waals surface area (Å²) in [5, 5.41) is 12.6. The molecule has 0 radical (unpaired) electrons. The molecule has 25 heavy (non-hydrogen) atoms. The fraction of sp³-hybridized carbons (Fsp3) is 0.111. The fourth-order valence-electron chi connectivity index (χ4n) is 2.97. The Kier molecular flexibility index (Phi) is 3.49. The summed E-state index contributed by atoms with van der Waals surface area (Å²) in [7, 11) is 0. The molecule has 0 bridgehead atoms. The second kappa shape index (κ2) is 5.70. The van der Waals surface area contributed by atoms with Crippen LogP contribution in [-0.4, -0.2) is 20.6 Å². The first-order chi connectivity index (χ1) is 12.0. The number of aromatic nitrogens is 2. The Hall–Kier alpha value is -3.22. The zero-order valence-electron chi connectivity index (χ0n) is 13.0. The van der Waals surface area contributed by atoms with E-state index < -0.39 is 17.5 Å². The van der Waals surface area contributed by atoms with E-state index in [2.05, 4.69) is 10.3 Å². The molecule has 126 valence electrons. The number of anilines is 1. The Morgan fingerprint density at radius 1 is 1.20 bits per heavy atom. The van der Waals surface area contributed by atoms with Gasteiger partial charge in [-0.15, -0.1) is 0 Å². The maximum absolute atomic E-state index is 13.8. The van der Waals surface area contributed by atoms with E-state index in [1.807, 2.05) is 28.8 Å². The van der Waals surface area contributed by atoms with Gasteiger partial charge in [0.25, 0.3) is 5.91 Å². The van der Waals surface area contributed by atoms with Crippen LogP contribution in [0.25, 0.3) is 16.6 Å². The van der Waals surface area contributed by atoms with Gasteiger partial charge >= 0.3 is 0 Å². The molecule has 1 aromatic heterocycles. The lowest BCUT2D eigenvalue weighted by Gasteiger charge is -2.18. The second-order valence-electron chi connectivity index (χ2n) is 5.73. The molecule has 4 rings (SSSR count). The molecule has 1 amide bonds. The van der Waals surface area contributed by atoms with Gasteiger partial charge in [0.15, 0.2) is 0 Å². The normalized spacial score (nSPS) is 13.8. The number of hydrogen-bond donors (Lipinski definition) is 2. The lowest BCUT2D eigenvalue weighted by atomic mass is 10.1. The largest absolute Gasteiger partial charge is 0.511 e. The minimum Gasteiger partial charge on any atom is -0.511 e. The van der Waals surface area contributed by atoms with Crippen LogP contribution in [0.3, 0.4) is 0 Å². The summed E-state index contributed by atoms with van der Waals surface area (Å²) < 4.78 is 28.6. The van der Waals surface area contributed by atoms with Crippen molar-refractivity contribution in [2.45, 2.75) is 13.0 Å². The Morgan fingerprint density at radius 3 is 2.80 bits per heavy atom. The number of aryl methyl sites for hydroxylation is 1. The van der Waals surface area contributed by atoms with E-state index in [1.54, 1.807) is 0 Å². The van der Waals surface area contributed by atoms with Crippen molar-refractivity contribution in [2.24, 2.45) is 0 Å². The number of carbonyl (C=O) groups is 1. The third-order valence-electron chi connectivity index (χ3n) is 4.15. The molecule has 0 saturated carbocycles. The molecule has 2 aromatic carbocycles. The maximum Gasteiger partial charge on any atom is 0.262 e. The lowest BCUT2D eigenvalue weighted by Crippen LogP contribution is -2.22. The first-order valence-electron chi connectivity index (χ1n) is 7.69. The molecular formula is C18H13F2N3O2. The van der Waals surface area contributed by atoms with E-state index in [0.717, 1.165) is 17.6 Å². The van der Waals surface area contributed by atoms with Crippen LogP contribution in [0.2, 0.25) is 0 Å². The first kappa shape index (κ1) is 15.3. The lowest BCUT2D eigenvalue weighted by molar-refractivity contribution is -0.111. The number of aliphatic hydroxyl groups is 1. The predicted molar refractivity (Wildman–Crippen MR) is 88.9 cm³/mol. The van der Waals surface area contributed by atoms with Crippen LogP contribution >= 0.6 is 0 Å². The highest BCUT2D eigenvalue weighted by molar-refractivity contribution is 6.25. The number of allylic oxidation sites excluding steroid dienone is 1. The SMILES string of the molecule is O=C(Nc1ccc(F)cc1F)C1=C(O)CCn2c1nc1ccccc12. The second-order valence-corrected chi connectivity index (χ2v) is 5.73. The first-order valence-corrected chi connectivity index (χ1v) is 7.69. The average molecular weight is 341 g/mol. The molecule has 0 fully saturated rings. The number of nitrogens with one attached hydrogen (secondary N) is 1. The van der Waals surface area contributed by atoms with Crippen molar-refractivity contribution in [3.05, 3.63) is 65.7 Å². The Bertz CT molecular complexity index is 1040. The fourth-order valence-corrected chi connectivity index (χ4v) is 2.97. The van der Waals surface area contributed by atoms with Crippen molar-refractivity contribution >= 4 is 28.2 Å². The van der Waals surface area contributed by atoms with Gasteiger partial charge in [0, 0.05) is 19.0 Å². The van der Waals surface area contributed by atoms with E-state index in [9.17, 15) is 18.7 Å².